The average Bonchev–Trinajstić information content (AvgIpc) is 2.78. The minimum Gasteiger partial charge on any atom is -0.468 e. The zero-order chi connectivity index (χ0) is 10.9. The summed E-state index contributed by atoms with van der Waals surface area (Å²) in [6, 6.07) is 0. The first kappa shape index (κ1) is 10.5. The van der Waals surface area contributed by atoms with Crippen molar-refractivity contribution in [2.45, 2.75) is 19.4 Å². The molecule has 1 amide bonds. The van der Waals surface area contributed by atoms with Crippen LogP contribution in [0.2, 0.25) is 0 Å². The van der Waals surface area contributed by atoms with Gasteiger partial charge in [-0.05, 0) is 0 Å². The third-order valence-electron chi connectivity index (χ3n) is 2.19. The summed E-state index contributed by atoms with van der Waals surface area (Å²) in [5.41, 5.74) is 3.59. The van der Waals surface area contributed by atoms with Gasteiger partial charge in [0.1, 0.15) is 6.10 Å². The molecule has 0 heterocycles. The van der Waals surface area contributed by atoms with Crippen molar-refractivity contribution in [3.63, 3.8) is 0 Å². The summed E-state index contributed by atoms with van der Waals surface area (Å²) < 4.78 is 9.14. The average molecular weight is 201 g/mol. The molecule has 78 valence electrons. The highest BCUT2D eigenvalue weighted by molar-refractivity contribution is 6.06. The van der Waals surface area contributed by atoms with Gasteiger partial charge in [-0.1, -0.05) is 0 Å². The van der Waals surface area contributed by atoms with Crippen LogP contribution in [-0.4, -0.2) is 31.1 Å². The van der Waals surface area contributed by atoms with Crippen molar-refractivity contribution in [2.75, 3.05) is 7.11 Å². The second kappa shape index (κ2) is 3.28. The molecule has 0 aromatic rings. The highest BCUT2D eigenvalue weighted by Crippen LogP contribution is 2.49. The zero-order valence-corrected chi connectivity index (χ0v) is 7.90. The Morgan fingerprint density at radius 3 is 2.36 bits per heavy atom. The summed E-state index contributed by atoms with van der Waals surface area (Å²) in [4.78, 5) is 32.8. The van der Waals surface area contributed by atoms with E-state index in [1.54, 1.807) is 0 Å². The van der Waals surface area contributed by atoms with E-state index in [0.29, 0.717) is 0 Å². The number of carbonyl (C=O) groups excluding carboxylic acids is 3. The lowest BCUT2D eigenvalue weighted by Gasteiger charge is -2.09. The van der Waals surface area contributed by atoms with Crippen molar-refractivity contribution in [3.8, 4) is 0 Å². The van der Waals surface area contributed by atoms with Crippen LogP contribution in [0.3, 0.4) is 0 Å². The van der Waals surface area contributed by atoms with Crippen LogP contribution in [0.4, 0.5) is 0 Å². The second-order valence-electron chi connectivity index (χ2n) is 3.13. The summed E-state index contributed by atoms with van der Waals surface area (Å²) in [5, 5.41) is 0. The van der Waals surface area contributed by atoms with Gasteiger partial charge in [0.15, 0.2) is 5.41 Å². The molecule has 14 heavy (non-hydrogen) atoms. The number of primary amides is 1. The van der Waals surface area contributed by atoms with E-state index in [9.17, 15) is 14.4 Å². The Bertz CT molecular complexity index is 300. The van der Waals surface area contributed by atoms with Gasteiger partial charge in [0.25, 0.3) is 0 Å². The van der Waals surface area contributed by atoms with Crippen LogP contribution in [0.1, 0.15) is 13.3 Å². The van der Waals surface area contributed by atoms with Gasteiger partial charge in [0.2, 0.25) is 5.91 Å². The summed E-state index contributed by atoms with van der Waals surface area (Å²) in [6.45, 7) is 1.20. The molecule has 6 heteroatoms. The first-order valence-corrected chi connectivity index (χ1v) is 4.00. The van der Waals surface area contributed by atoms with E-state index in [1.807, 2.05) is 0 Å². The van der Waals surface area contributed by atoms with Crippen LogP contribution >= 0.6 is 0 Å². The SMILES string of the molecule is COC(=O)[C@]1(C(N)=O)C[C@H]1OC(C)=O. The van der Waals surface area contributed by atoms with Crippen molar-refractivity contribution in [3.05, 3.63) is 0 Å². The Morgan fingerprint density at radius 2 is 2.00 bits per heavy atom. The number of methoxy groups -OCH3 is 1. The standard InChI is InChI=1S/C8H11NO5/c1-4(10)14-5-3-8(5,6(9)11)7(12)13-2/h5H,3H2,1-2H3,(H2,9,11)/t5-,8-/m1/s1. The minimum atomic E-state index is -1.46. The Hall–Kier alpha value is -1.59. The minimum absolute atomic E-state index is 0.106. The smallest absolute Gasteiger partial charge is 0.325 e. The van der Waals surface area contributed by atoms with Crippen LogP contribution in [0.15, 0.2) is 0 Å². The van der Waals surface area contributed by atoms with Gasteiger partial charge in [-0.2, -0.15) is 0 Å². The number of rotatable bonds is 3. The lowest BCUT2D eigenvalue weighted by atomic mass is 10.1. The van der Waals surface area contributed by atoms with Gasteiger partial charge in [-0.25, -0.2) is 0 Å². The van der Waals surface area contributed by atoms with Gasteiger partial charge in [0.05, 0.1) is 7.11 Å². The number of nitrogens with two attached hydrogens (primary N) is 1. The molecule has 0 bridgehead atoms. The largest absolute Gasteiger partial charge is 0.468 e. The van der Waals surface area contributed by atoms with Crippen molar-refractivity contribution in [1.82, 2.24) is 0 Å². The van der Waals surface area contributed by atoms with Gasteiger partial charge in [-0.15, -0.1) is 0 Å². The first-order chi connectivity index (χ1) is 6.45. The second-order valence-corrected chi connectivity index (χ2v) is 3.13. The van der Waals surface area contributed by atoms with Crippen LogP contribution < -0.4 is 5.73 Å². The molecule has 1 aliphatic rings. The zero-order valence-electron chi connectivity index (χ0n) is 7.90. The highest BCUT2D eigenvalue weighted by atomic mass is 16.6. The molecule has 0 saturated heterocycles. The first-order valence-electron chi connectivity index (χ1n) is 4.00. The van der Waals surface area contributed by atoms with E-state index in [4.69, 9.17) is 10.5 Å². The molecule has 1 saturated carbocycles. The molecule has 0 radical (unpaired) electrons. The Morgan fingerprint density at radius 1 is 1.43 bits per heavy atom. The summed E-state index contributed by atoms with van der Waals surface area (Å²) in [5.74, 6) is -2.13. The summed E-state index contributed by atoms with van der Waals surface area (Å²) >= 11 is 0. The quantitative estimate of drug-likeness (QED) is 0.465. The van der Waals surface area contributed by atoms with Gasteiger partial charge < -0.3 is 15.2 Å². The molecule has 0 spiro atoms. The van der Waals surface area contributed by atoms with Crippen molar-refractivity contribution in [1.29, 1.82) is 0 Å². The molecular formula is C8H11NO5. The number of ether oxygens (including phenoxy) is 2. The van der Waals surface area contributed by atoms with E-state index in [-0.39, 0.29) is 6.42 Å². The Labute approximate surface area is 80.3 Å². The van der Waals surface area contributed by atoms with Gasteiger partial charge in [-0.3, -0.25) is 14.4 Å². The van der Waals surface area contributed by atoms with E-state index in [1.165, 1.54) is 6.92 Å². The number of carbonyl (C=O) groups is 3. The molecule has 0 unspecified atom stereocenters. The fraction of sp³-hybridized carbons (Fsp3) is 0.625. The summed E-state index contributed by atoms with van der Waals surface area (Å²) in [7, 11) is 1.15. The number of amides is 1. The molecule has 1 fully saturated rings. The Balaban J connectivity index is 2.76. The molecule has 0 aromatic carbocycles. The molecule has 0 aromatic heterocycles. The predicted octanol–water partition coefficient (Wildman–Crippen LogP) is -1.03. The van der Waals surface area contributed by atoms with E-state index < -0.39 is 29.4 Å². The van der Waals surface area contributed by atoms with E-state index in [0.717, 1.165) is 7.11 Å². The molecule has 2 N–H and O–H groups in total. The van der Waals surface area contributed by atoms with Crippen LogP contribution in [0.5, 0.6) is 0 Å². The topological polar surface area (TPSA) is 95.7 Å². The molecule has 6 nitrogen and oxygen atoms in total. The number of hydrogen-bond acceptors (Lipinski definition) is 5. The van der Waals surface area contributed by atoms with Crippen LogP contribution in [0, 0.1) is 5.41 Å². The number of hydrogen-bond donors (Lipinski definition) is 1. The maximum atomic E-state index is 11.2. The Kier molecular flexibility index (Phi) is 2.46. The molecule has 1 aliphatic carbocycles. The van der Waals surface area contributed by atoms with Gasteiger partial charge >= 0.3 is 11.9 Å². The van der Waals surface area contributed by atoms with Crippen molar-refractivity contribution < 1.29 is 23.9 Å². The lowest BCUT2D eigenvalue weighted by molar-refractivity contribution is -0.155. The maximum absolute atomic E-state index is 11.2. The van der Waals surface area contributed by atoms with Crippen molar-refractivity contribution in [2.24, 2.45) is 11.1 Å². The highest BCUT2D eigenvalue weighted by Gasteiger charge is 2.68. The van der Waals surface area contributed by atoms with E-state index >= 15 is 0 Å². The molecule has 1 rings (SSSR count). The molecule has 0 aliphatic heterocycles. The van der Waals surface area contributed by atoms with E-state index in [2.05, 4.69) is 4.74 Å². The van der Waals surface area contributed by atoms with Crippen LogP contribution in [0.25, 0.3) is 0 Å². The number of esters is 2. The van der Waals surface area contributed by atoms with Crippen molar-refractivity contribution >= 4 is 17.8 Å². The fourth-order valence-corrected chi connectivity index (χ4v) is 1.33. The molecule has 2 atom stereocenters. The predicted molar refractivity (Wildman–Crippen MR) is 43.8 cm³/mol. The van der Waals surface area contributed by atoms with Crippen LogP contribution in [-0.2, 0) is 23.9 Å². The lowest BCUT2D eigenvalue weighted by Crippen LogP contribution is -2.37. The third-order valence-corrected chi connectivity index (χ3v) is 2.19. The fourth-order valence-electron chi connectivity index (χ4n) is 1.33. The molecular weight excluding hydrogens is 190 g/mol. The monoisotopic (exact) mass is 201 g/mol. The third kappa shape index (κ3) is 1.43. The maximum Gasteiger partial charge on any atom is 0.325 e. The summed E-state index contributed by atoms with van der Waals surface area (Å²) in [6.07, 6.45) is -0.667. The normalized spacial score (nSPS) is 29.1. The van der Waals surface area contributed by atoms with Gasteiger partial charge in [0, 0.05) is 13.3 Å².